The van der Waals surface area contributed by atoms with Crippen molar-refractivity contribution in [1.82, 2.24) is 24.6 Å². The van der Waals surface area contributed by atoms with Crippen molar-refractivity contribution < 1.29 is 0 Å². The Balaban J connectivity index is 1.33. The molecule has 4 rings (SSSR count). The number of hydrogen-bond acceptors (Lipinski definition) is 3. The van der Waals surface area contributed by atoms with Gasteiger partial charge in [0.25, 0.3) is 0 Å². The Labute approximate surface area is 161 Å². The zero-order chi connectivity index (χ0) is 18.6. The molecular weight excluding hydrogens is 340 g/mol. The van der Waals surface area contributed by atoms with Crippen LogP contribution in [-0.2, 0) is 19.5 Å². The maximum Gasteiger partial charge on any atom is 0.345 e. The van der Waals surface area contributed by atoms with Gasteiger partial charge in [0.2, 0.25) is 0 Å². The van der Waals surface area contributed by atoms with Gasteiger partial charge in [0, 0.05) is 45.7 Å². The first-order valence-corrected chi connectivity index (χ1v) is 11.0. The van der Waals surface area contributed by atoms with Crippen LogP contribution >= 0.6 is 0 Å². The highest BCUT2D eigenvalue weighted by Crippen LogP contribution is 2.35. The largest absolute Gasteiger partial charge is 0.357 e. The number of aromatic nitrogens is 3. The maximum absolute atomic E-state index is 12.4. The molecule has 7 heteroatoms. The summed E-state index contributed by atoms with van der Waals surface area (Å²) in [6.45, 7) is 7.57. The van der Waals surface area contributed by atoms with Crippen LogP contribution in [0.3, 0.4) is 0 Å². The monoisotopic (exact) mass is 374 g/mol. The van der Waals surface area contributed by atoms with Crippen molar-refractivity contribution >= 4 is 5.96 Å². The first-order chi connectivity index (χ1) is 13.3. The Hall–Kier alpha value is -1.79. The van der Waals surface area contributed by atoms with Crippen molar-refractivity contribution in [1.29, 1.82) is 0 Å². The third-order valence-electron chi connectivity index (χ3n) is 6.43. The van der Waals surface area contributed by atoms with Crippen molar-refractivity contribution in [2.45, 2.75) is 71.4 Å². The molecule has 0 aromatic carbocycles. The van der Waals surface area contributed by atoms with E-state index in [1.54, 1.807) is 4.68 Å². The first kappa shape index (κ1) is 18.6. The lowest BCUT2D eigenvalue weighted by atomic mass is 9.82. The van der Waals surface area contributed by atoms with Gasteiger partial charge in [0.1, 0.15) is 5.82 Å². The second-order valence-electron chi connectivity index (χ2n) is 8.33. The number of aryl methyl sites for hydroxylation is 2. The van der Waals surface area contributed by atoms with Crippen LogP contribution in [0.2, 0.25) is 0 Å². The summed E-state index contributed by atoms with van der Waals surface area (Å²) in [5.74, 6) is 3.74. The molecule has 2 unspecified atom stereocenters. The first-order valence-electron chi connectivity index (χ1n) is 11.0. The molecule has 0 amide bonds. The fraction of sp³-hybridized carbons (Fsp3) is 0.850. The van der Waals surface area contributed by atoms with E-state index in [9.17, 15) is 4.79 Å². The van der Waals surface area contributed by atoms with E-state index < -0.39 is 0 Å². The molecule has 0 bridgehead atoms. The van der Waals surface area contributed by atoms with Gasteiger partial charge in [-0.2, -0.15) is 5.10 Å². The number of nitrogens with one attached hydrogen (secondary N) is 1. The van der Waals surface area contributed by atoms with Crippen LogP contribution in [0.5, 0.6) is 0 Å². The molecule has 1 aliphatic carbocycles. The topological polar surface area (TPSA) is 67.5 Å². The van der Waals surface area contributed by atoms with E-state index >= 15 is 0 Å². The van der Waals surface area contributed by atoms with Gasteiger partial charge in [0.05, 0.1) is 0 Å². The zero-order valence-electron chi connectivity index (χ0n) is 16.7. The van der Waals surface area contributed by atoms with Gasteiger partial charge in [-0.15, -0.1) is 0 Å². The van der Waals surface area contributed by atoms with Crippen LogP contribution in [0.25, 0.3) is 0 Å². The highest BCUT2D eigenvalue weighted by Gasteiger charge is 2.35. The molecule has 1 N–H and O–H groups in total. The summed E-state index contributed by atoms with van der Waals surface area (Å²) in [6, 6.07) is 0. The molecule has 2 fully saturated rings. The molecule has 1 saturated carbocycles. The zero-order valence-corrected chi connectivity index (χ0v) is 16.7. The predicted molar refractivity (Wildman–Crippen MR) is 107 cm³/mol. The smallest absolute Gasteiger partial charge is 0.345 e. The number of aliphatic imine (C=N–C) groups is 1. The average molecular weight is 375 g/mol. The summed E-state index contributed by atoms with van der Waals surface area (Å²) in [5, 5.41) is 7.99. The fourth-order valence-electron chi connectivity index (χ4n) is 5.00. The van der Waals surface area contributed by atoms with Gasteiger partial charge in [0.15, 0.2) is 5.96 Å². The Kier molecular flexibility index (Phi) is 5.83. The normalized spacial score (nSPS) is 25.4. The van der Waals surface area contributed by atoms with E-state index in [4.69, 9.17) is 4.99 Å². The minimum atomic E-state index is 0.0594. The molecule has 3 heterocycles. The predicted octanol–water partition coefficient (Wildman–Crippen LogP) is 1.86. The van der Waals surface area contributed by atoms with Gasteiger partial charge in [-0.25, -0.2) is 9.48 Å². The number of nitrogens with zero attached hydrogens (tertiary/aromatic N) is 5. The number of guanidine groups is 1. The number of hydrogen-bond donors (Lipinski definition) is 1. The Morgan fingerprint density at radius 1 is 1.19 bits per heavy atom. The SMILES string of the molecule is CCNC(=NCCCn1nc2n(c1=O)CCCC2)N1CC2CCCCC2C1. The summed E-state index contributed by atoms with van der Waals surface area (Å²) in [6.07, 6.45) is 9.58. The average Bonchev–Trinajstić information content (AvgIpc) is 3.26. The molecule has 0 spiro atoms. The molecule has 2 aliphatic heterocycles. The van der Waals surface area contributed by atoms with Gasteiger partial charge >= 0.3 is 5.69 Å². The number of rotatable bonds is 5. The van der Waals surface area contributed by atoms with Gasteiger partial charge < -0.3 is 10.2 Å². The van der Waals surface area contributed by atoms with Crippen LogP contribution in [-0.4, -0.2) is 51.4 Å². The molecule has 1 aromatic rings. The number of fused-ring (bicyclic) bond motifs is 2. The van der Waals surface area contributed by atoms with Crippen LogP contribution in [0, 0.1) is 11.8 Å². The summed E-state index contributed by atoms with van der Waals surface area (Å²) >= 11 is 0. The Bertz CT molecular complexity index is 707. The van der Waals surface area contributed by atoms with Crippen LogP contribution in [0.1, 0.15) is 57.7 Å². The molecule has 1 saturated heterocycles. The van der Waals surface area contributed by atoms with Crippen LogP contribution in [0.4, 0.5) is 0 Å². The minimum absolute atomic E-state index is 0.0594. The lowest BCUT2D eigenvalue weighted by Crippen LogP contribution is -2.40. The maximum atomic E-state index is 12.4. The summed E-state index contributed by atoms with van der Waals surface area (Å²) in [5.41, 5.74) is 0.0594. The molecule has 7 nitrogen and oxygen atoms in total. The van der Waals surface area contributed by atoms with Crippen molar-refractivity contribution in [2.75, 3.05) is 26.2 Å². The summed E-state index contributed by atoms with van der Waals surface area (Å²) in [4.78, 5) is 19.7. The highest BCUT2D eigenvalue weighted by molar-refractivity contribution is 5.80. The van der Waals surface area contributed by atoms with E-state index in [1.165, 1.54) is 25.7 Å². The Morgan fingerprint density at radius 3 is 2.67 bits per heavy atom. The highest BCUT2D eigenvalue weighted by atomic mass is 16.2. The quantitative estimate of drug-likeness (QED) is 0.485. The standard InChI is InChI=1S/C20H34N6O/c1-2-21-19(24-14-16-8-3-4-9-17(16)15-24)22-11-7-13-26-20(27)25-12-6-5-10-18(25)23-26/h16-17H,2-15H2,1H3,(H,21,22). The second kappa shape index (κ2) is 8.48. The molecule has 27 heavy (non-hydrogen) atoms. The van der Waals surface area contributed by atoms with Crippen molar-refractivity contribution in [3.05, 3.63) is 16.3 Å². The fourth-order valence-corrected chi connectivity index (χ4v) is 5.00. The number of likely N-dealkylation sites (tertiary alicyclic amines) is 1. The van der Waals surface area contributed by atoms with Crippen molar-refractivity contribution in [3.8, 4) is 0 Å². The van der Waals surface area contributed by atoms with E-state index in [0.717, 1.165) is 82.0 Å². The second-order valence-corrected chi connectivity index (χ2v) is 8.33. The van der Waals surface area contributed by atoms with Crippen LogP contribution in [0.15, 0.2) is 9.79 Å². The van der Waals surface area contributed by atoms with E-state index in [1.807, 2.05) is 4.57 Å². The van der Waals surface area contributed by atoms with E-state index in [0.29, 0.717) is 6.54 Å². The minimum Gasteiger partial charge on any atom is -0.357 e. The lowest BCUT2D eigenvalue weighted by molar-refractivity contribution is 0.299. The van der Waals surface area contributed by atoms with E-state index in [2.05, 4.69) is 22.2 Å². The van der Waals surface area contributed by atoms with Crippen molar-refractivity contribution in [3.63, 3.8) is 0 Å². The molecule has 150 valence electrons. The summed E-state index contributed by atoms with van der Waals surface area (Å²) < 4.78 is 3.50. The Morgan fingerprint density at radius 2 is 1.96 bits per heavy atom. The lowest BCUT2D eigenvalue weighted by Gasteiger charge is -2.22. The van der Waals surface area contributed by atoms with Crippen LogP contribution < -0.4 is 11.0 Å². The van der Waals surface area contributed by atoms with Crippen molar-refractivity contribution in [2.24, 2.45) is 16.8 Å². The molecule has 3 aliphatic rings. The van der Waals surface area contributed by atoms with Gasteiger partial charge in [-0.1, -0.05) is 12.8 Å². The van der Waals surface area contributed by atoms with Gasteiger partial charge in [-0.3, -0.25) is 9.56 Å². The third kappa shape index (κ3) is 4.06. The third-order valence-corrected chi connectivity index (χ3v) is 6.43. The molecular formula is C20H34N6O. The molecule has 1 aromatic heterocycles. The van der Waals surface area contributed by atoms with E-state index in [-0.39, 0.29) is 5.69 Å². The molecule has 0 radical (unpaired) electrons. The van der Waals surface area contributed by atoms with Gasteiger partial charge in [-0.05, 0) is 50.9 Å². The molecule has 2 atom stereocenters. The summed E-state index contributed by atoms with van der Waals surface area (Å²) in [7, 11) is 0.